The van der Waals surface area contributed by atoms with E-state index in [1.165, 1.54) is 44.7 Å². The number of rotatable bonds is 16. The number of carbonyl (C=O) groups is 2. The van der Waals surface area contributed by atoms with Crippen LogP contribution in [0.25, 0.3) is 0 Å². The predicted octanol–water partition coefficient (Wildman–Crippen LogP) is 16.9. The van der Waals surface area contributed by atoms with Gasteiger partial charge < -0.3 is 0 Å². The third kappa shape index (κ3) is 13.0. The summed E-state index contributed by atoms with van der Waals surface area (Å²) in [6, 6.07) is 6.25. The first-order valence-electron chi connectivity index (χ1n) is 24.2. The van der Waals surface area contributed by atoms with Gasteiger partial charge in [0, 0.05) is 23.7 Å². The Hall–Kier alpha value is -2.78. The molecule has 10 heteroatoms. The molecule has 0 bridgehead atoms. The van der Waals surface area contributed by atoms with Crippen LogP contribution in [0.4, 0.5) is 35.1 Å². The molecule has 0 saturated heterocycles. The fourth-order valence-electron chi connectivity index (χ4n) is 11.2. The second kappa shape index (κ2) is 24.1. The van der Waals surface area contributed by atoms with Gasteiger partial charge in [0.2, 0.25) is 11.6 Å². The molecule has 0 aromatic heterocycles. The molecule has 0 heterocycles. The van der Waals surface area contributed by atoms with Crippen molar-refractivity contribution < 1.29 is 44.7 Å². The molecule has 2 aromatic carbocycles. The van der Waals surface area contributed by atoms with Gasteiger partial charge in [-0.15, -0.1) is 0 Å². The molecule has 4 fully saturated rings. The molecule has 0 atom stereocenters. The zero-order valence-corrected chi connectivity index (χ0v) is 37.7. The normalized spacial score (nSPS) is 26.9. The Morgan fingerprint density at radius 2 is 0.794 bits per heavy atom. The molecule has 2 aromatic rings. The standard InChI is InChI=1S/C26H36F6.C26H36F2O2.CH4/c1-3-4-5-6-18-8-12-20(13-9-18)25(29,30)26(31,32)21-14-10-19(11-15-21)22-16-7-17(2)23(27)24(22)28;1-3-4-5-6-18-8-10-20(11-9-18)25(29)26(30)21-14-12-19(13-15-21)22-16-7-17(2)23(27)24(22)28;/h7,16,18-21H,3-6,8-15H2,1-2H3;7,16,18-21H,3-6,8-15H2,1-2H3;1H4. The third-order valence-corrected chi connectivity index (χ3v) is 15.5. The molecule has 0 aliphatic heterocycles. The van der Waals surface area contributed by atoms with Gasteiger partial charge in [0.15, 0.2) is 23.3 Å². The highest BCUT2D eigenvalue weighted by atomic mass is 19.3. The molecule has 0 spiro atoms. The van der Waals surface area contributed by atoms with E-state index in [4.69, 9.17) is 0 Å². The molecular formula is C53H76F8O2. The molecule has 0 unspecified atom stereocenters. The first kappa shape index (κ1) is 52.8. The van der Waals surface area contributed by atoms with Gasteiger partial charge in [-0.05, 0) is 163 Å². The van der Waals surface area contributed by atoms with E-state index < -0.39 is 52.9 Å². The summed E-state index contributed by atoms with van der Waals surface area (Å²) < 4.78 is 117. The number of ketones is 2. The number of carbonyl (C=O) groups excluding carboxylic acids is 2. The number of aryl methyl sites for hydroxylation is 2. The van der Waals surface area contributed by atoms with E-state index in [1.807, 2.05) is 0 Å². The highest BCUT2D eigenvalue weighted by Crippen LogP contribution is 2.54. The van der Waals surface area contributed by atoms with Crippen LogP contribution in [0.1, 0.15) is 209 Å². The van der Waals surface area contributed by atoms with Crippen molar-refractivity contribution in [3.8, 4) is 0 Å². The number of hydrogen-bond acceptors (Lipinski definition) is 2. The van der Waals surface area contributed by atoms with Gasteiger partial charge in [-0.2, -0.15) is 17.6 Å². The molecular weight excluding hydrogens is 821 g/mol. The summed E-state index contributed by atoms with van der Waals surface area (Å²) >= 11 is 0. The molecule has 6 rings (SSSR count). The van der Waals surface area contributed by atoms with Crippen molar-refractivity contribution in [2.75, 3.05) is 0 Å². The molecule has 4 aliphatic carbocycles. The lowest BCUT2D eigenvalue weighted by atomic mass is 9.70. The van der Waals surface area contributed by atoms with Crippen molar-refractivity contribution in [2.45, 2.75) is 213 Å². The van der Waals surface area contributed by atoms with Gasteiger partial charge in [0.1, 0.15) is 0 Å². The second-order valence-corrected chi connectivity index (χ2v) is 19.7. The third-order valence-electron chi connectivity index (χ3n) is 15.5. The van der Waals surface area contributed by atoms with Gasteiger partial charge in [-0.3, -0.25) is 9.59 Å². The summed E-state index contributed by atoms with van der Waals surface area (Å²) in [4.78, 5) is 25.6. The van der Waals surface area contributed by atoms with Gasteiger partial charge >= 0.3 is 11.8 Å². The maximum Gasteiger partial charge on any atom is 0.313 e. The van der Waals surface area contributed by atoms with Crippen molar-refractivity contribution in [1.29, 1.82) is 0 Å². The van der Waals surface area contributed by atoms with Crippen molar-refractivity contribution in [3.05, 3.63) is 69.8 Å². The van der Waals surface area contributed by atoms with E-state index in [9.17, 15) is 27.2 Å². The van der Waals surface area contributed by atoms with Crippen molar-refractivity contribution in [2.24, 2.45) is 35.5 Å². The first-order chi connectivity index (χ1) is 29.5. The Balaban J connectivity index is 0.000000273. The number of Topliss-reactive ketones (excluding diaryl/α,β-unsaturated/α-hetero) is 2. The fraction of sp³-hybridized carbons (Fsp3) is 0.736. The summed E-state index contributed by atoms with van der Waals surface area (Å²) in [5.41, 5.74) is 1.08. The zero-order chi connectivity index (χ0) is 45.2. The number of unbranched alkanes of at least 4 members (excludes halogenated alkanes) is 4. The Labute approximate surface area is 373 Å². The predicted molar refractivity (Wildman–Crippen MR) is 237 cm³/mol. The number of benzene rings is 2. The maximum atomic E-state index is 15.1. The summed E-state index contributed by atoms with van der Waals surface area (Å²) in [6.45, 7) is 7.34. The van der Waals surface area contributed by atoms with E-state index in [0.717, 1.165) is 57.3 Å². The minimum Gasteiger partial charge on any atom is -0.291 e. The second-order valence-electron chi connectivity index (χ2n) is 19.7. The van der Waals surface area contributed by atoms with Crippen LogP contribution in [0.15, 0.2) is 24.3 Å². The average Bonchev–Trinajstić information content (AvgIpc) is 3.28. The van der Waals surface area contributed by atoms with E-state index in [1.54, 1.807) is 19.1 Å². The topological polar surface area (TPSA) is 34.1 Å². The number of hydrogen-bond donors (Lipinski definition) is 0. The van der Waals surface area contributed by atoms with Crippen molar-refractivity contribution in [1.82, 2.24) is 0 Å². The quantitative estimate of drug-likeness (QED) is 0.0956. The van der Waals surface area contributed by atoms with Crippen LogP contribution in [0.2, 0.25) is 0 Å². The summed E-state index contributed by atoms with van der Waals surface area (Å²) in [7, 11) is 0. The van der Waals surface area contributed by atoms with Crippen LogP contribution in [0, 0.1) is 72.6 Å². The van der Waals surface area contributed by atoms with Crippen LogP contribution in [0.5, 0.6) is 0 Å². The average molecular weight is 897 g/mol. The van der Waals surface area contributed by atoms with Crippen LogP contribution >= 0.6 is 0 Å². The van der Waals surface area contributed by atoms with Crippen LogP contribution in [0.3, 0.4) is 0 Å². The number of halogens is 8. The Kier molecular flexibility index (Phi) is 20.2. The SMILES string of the molecule is C.CCCCCC1CCC(C(=O)C(=O)C2CCC(c3ccc(C)c(F)c3F)CC2)CC1.CCCCCC1CCC(C(F)(F)C(F)(F)C2CCC(c3ccc(C)c(F)c3F)CC2)CC1. The maximum absolute atomic E-state index is 15.1. The highest BCUT2D eigenvalue weighted by Gasteiger charge is 2.64. The molecule has 4 saturated carbocycles. The number of alkyl halides is 4. The minimum absolute atomic E-state index is 0. The molecule has 63 heavy (non-hydrogen) atoms. The molecule has 0 amide bonds. The summed E-state index contributed by atoms with van der Waals surface area (Å²) in [5.74, 6) is -14.3. The summed E-state index contributed by atoms with van der Waals surface area (Å²) in [6.07, 6.45) is 17.3. The van der Waals surface area contributed by atoms with Gasteiger partial charge in [0.25, 0.3) is 0 Å². The van der Waals surface area contributed by atoms with E-state index >= 15 is 17.6 Å². The minimum atomic E-state index is -4.07. The lowest BCUT2D eigenvalue weighted by molar-refractivity contribution is -0.269. The molecule has 4 aliphatic rings. The van der Waals surface area contributed by atoms with Crippen molar-refractivity contribution >= 4 is 11.6 Å². The van der Waals surface area contributed by atoms with E-state index in [-0.39, 0.29) is 86.4 Å². The molecule has 0 N–H and O–H groups in total. The molecule has 356 valence electrons. The largest absolute Gasteiger partial charge is 0.313 e. The van der Waals surface area contributed by atoms with Crippen molar-refractivity contribution in [3.63, 3.8) is 0 Å². The highest BCUT2D eigenvalue weighted by molar-refractivity contribution is 6.38. The molecule has 2 nitrogen and oxygen atoms in total. The first-order valence-corrected chi connectivity index (χ1v) is 24.2. The van der Waals surface area contributed by atoms with Crippen LogP contribution < -0.4 is 0 Å². The fourth-order valence-corrected chi connectivity index (χ4v) is 11.2. The zero-order valence-electron chi connectivity index (χ0n) is 37.7. The van der Waals surface area contributed by atoms with E-state index in [2.05, 4.69) is 13.8 Å². The monoisotopic (exact) mass is 897 g/mol. The smallest absolute Gasteiger partial charge is 0.291 e. The Morgan fingerprint density at radius 3 is 1.16 bits per heavy atom. The van der Waals surface area contributed by atoms with E-state index in [0.29, 0.717) is 55.6 Å². The Bertz CT molecular complexity index is 1740. The Morgan fingerprint density at radius 1 is 0.476 bits per heavy atom. The van der Waals surface area contributed by atoms with Gasteiger partial charge in [0.05, 0.1) is 0 Å². The lowest BCUT2D eigenvalue weighted by Crippen LogP contribution is -2.52. The van der Waals surface area contributed by atoms with Crippen LogP contribution in [-0.2, 0) is 9.59 Å². The summed E-state index contributed by atoms with van der Waals surface area (Å²) in [5, 5.41) is 0. The molecule has 0 radical (unpaired) electrons. The van der Waals surface area contributed by atoms with Gasteiger partial charge in [-0.1, -0.05) is 96.9 Å². The van der Waals surface area contributed by atoms with Crippen LogP contribution in [-0.4, -0.2) is 23.4 Å². The lowest BCUT2D eigenvalue weighted by Gasteiger charge is -2.42. The van der Waals surface area contributed by atoms with Gasteiger partial charge in [-0.25, -0.2) is 17.6 Å².